The highest BCUT2D eigenvalue weighted by molar-refractivity contribution is 7.64. The zero-order chi connectivity index (χ0) is 18.9. The van der Waals surface area contributed by atoms with E-state index in [9.17, 15) is 4.79 Å². The number of aryl methyl sites for hydroxylation is 1. The van der Waals surface area contributed by atoms with Crippen LogP contribution in [0.1, 0.15) is 58.3 Å². The Morgan fingerprint density at radius 1 is 1.36 bits per heavy atom. The molecule has 0 radical (unpaired) electrons. The molecule has 0 saturated heterocycles. The van der Waals surface area contributed by atoms with Crippen molar-refractivity contribution in [2.24, 2.45) is 7.05 Å². The number of unbranched alkanes of at least 4 members (excludes halogenated alkanes) is 6. The molecule has 0 spiro atoms. The second-order valence-electron chi connectivity index (χ2n) is 6.04. The summed E-state index contributed by atoms with van der Waals surface area (Å²) in [4.78, 5) is 11.5. The number of thiocyanates is 1. The van der Waals surface area contributed by atoms with Crippen LogP contribution in [0.15, 0.2) is 31.4 Å². The van der Waals surface area contributed by atoms with Crippen molar-refractivity contribution in [2.45, 2.75) is 70.9 Å². The quantitative estimate of drug-likeness (QED) is 0.142. The largest absolute Gasteiger partial charge is 0.696 e. The summed E-state index contributed by atoms with van der Waals surface area (Å²) >= 11 is 3.70. The molecule has 1 heterocycles. The van der Waals surface area contributed by atoms with E-state index in [0.29, 0.717) is 6.54 Å². The van der Waals surface area contributed by atoms with Crippen LogP contribution in [0.5, 0.6) is 0 Å². The highest BCUT2D eigenvalue weighted by Gasteiger charge is 2.16. The average Bonchev–Trinajstić information content (AvgIpc) is 2.99. The van der Waals surface area contributed by atoms with Gasteiger partial charge < -0.3 is 17.4 Å². The molecule has 1 unspecified atom stereocenters. The van der Waals surface area contributed by atoms with E-state index in [-0.39, 0.29) is 12.1 Å². The number of aromatic nitrogens is 2. The van der Waals surface area contributed by atoms with E-state index in [1.54, 1.807) is 0 Å². The number of ether oxygens (including phenoxy) is 1. The maximum Gasteiger partial charge on any atom is 0.330 e. The van der Waals surface area contributed by atoms with E-state index in [1.165, 1.54) is 50.0 Å². The average molecular weight is 366 g/mol. The van der Waals surface area contributed by atoms with Crippen molar-refractivity contribution in [3.63, 3.8) is 0 Å². The highest BCUT2D eigenvalue weighted by atomic mass is 32.1. The first-order chi connectivity index (χ1) is 12.1. The first kappa shape index (κ1) is 23.1. The fourth-order valence-electron chi connectivity index (χ4n) is 2.57. The molecule has 5 nitrogen and oxygen atoms in total. The Hall–Kier alpha value is -1.87. The van der Waals surface area contributed by atoms with E-state index in [2.05, 4.69) is 30.7 Å². The van der Waals surface area contributed by atoms with Gasteiger partial charge in [0.05, 0.1) is 7.05 Å². The number of nitrogens with zero attached hydrogens (tertiary/aromatic N) is 3. The summed E-state index contributed by atoms with van der Waals surface area (Å²) in [5, 5.41) is 8.47. The van der Waals surface area contributed by atoms with Gasteiger partial charge in [-0.3, -0.25) is 0 Å². The molecular formula is C19H31N3O2S. The Kier molecular flexibility index (Phi) is 14.5. The number of rotatable bonds is 12. The van der Waals surface area contributed by atoms with Crippen molar-refractivity contribution < 1.29 is 14.1 Å². The summed E-state index contributed by atoms with van der Waals surface area (Å²) in [5.74, 6) is -0.329. The van der Waals surface area contributed by atoms with Gasteiger partial charge in [0.15, 0.2) is 0 Å². The number of nitriles is 1. The van der Waals surface area contributed by atoms with Gasteiger partial charge in [0.1, 0.15) is 25.0 Å². The van der Waals surface area contributed by atoms with Gasteiger partial charge in [-0.25, -0.2) is 19.2 Å². The third-order valence-electron chi connectivity index (χ3n) is 3.82. The molecule has 0 amide bonds. The number of hydrogen-bond donors (Lipinski definition) is 0. The Balaban J connectivity index is 0.00000178. The van der Waals surface area contributed by atoms with Gasteiger partial charge in [0, 0.05) is 6.08 Å². The molecule has 1 aromatic rings. The van der Waals surface area contributed by atoms with E-state index >= 15 is 0 Å². The smallest absolute Gasteiger partial charge is 0.330 e. The summed E-state index contributed by atoms with van der Waals surface area (Å²) in [6.07, 6.45) is 16.9. The molecule has 6 heteroatoms. The van der Waals surface area contributed by atoms with E-state index in [0.717, 1.165) is 12.8 Å². The Morgan fingerprint density at radius 2 is 1.96 bits per heavy atom. The first-order valence-corrected chi connectivity index (χ1v) is 9.33. The number of carbonyl (C=O) groups is 1. The second-order valence-corrected chi connectivity index (χ2v) is 6.22. The maximum absolute atomic E-state index is 11.5. The minimum Gasteiger partial charge on any atom is -0.696 e. The van der Waals surface area contributed by atoms with Crippen LogP contribution in [0.25, 0.3) is 0 Å². The van der Waals surface area contributed by atoms with Crippen LogP contribution in [0.2, 0.25) is 0 Å². The second kappa shape index (κ2) is 15.6. The zero-order valence-corrected chi connectivity index (χ0v) is 16.3. The van der Waals surface area contributed by atoms with Gasteiger partial charge in [0.2, 0.25) is 6.33 Å². The Morgan fingerprint density at radius 3 is 2.48 bits per heavy atom. The SMILES string of the molecule is C=CC(=O)OC(CCCCCCCCC)C[n+]1ccn(C)c1.N#C[S-]. The molecule has 0 aliphatic rings. The minimum absolute atomic E-state index is 0.0754. The van der Waals surface area contributed by atoms with Gasteiger partial charge >= 0.3 is 5.97 Å². The molecule has 1 aromatic heterocycles. The molecule has 0 bridgehead atoms. The first-order valence-electron chi connectivity index (χ1n) is 8.92. The highest BCUT2D eigenvalue weighted by Crippen LogP contribution is 2.12. The molecule has 0 aromatic carbocycles. The zero-order valence-electron chi connectivity index (χ0n) is 15.5. The molecule has 1 rings (SSSR count). The van der Waals surface area contributed by atoms with Crippen molar-refractivity contribution >= 4 is 18.6 Å². The van der Waals surface area contributed by atoms with Crippen LogP contribution >= 0.6 is 0 Å². The topological polar surface area (TPSA) is 58.9 Å². The van der Waals surface area contributed by atoms with E-state index < -0.39 is 0 Å². The molecular weight excluding hydrogens is 334 g/mol. The molecule has 0 aliphatic carbocycles. The molecule has 0 aliphatic heterocycles. The van der Waals surface area contributed by atoms with Gasteiger partial charge in [-0.05, 0) is 12.8 Å². The molecule has 140 valence electrons. The molecule has 0 saturated carbocycles. The lowest BCUT2D eigenvalue weighted by Crippen LogP contribution is -2.39. The third kappa shape index (κ3) is 13.1. The number of imidazole rings is 1. The Labute approximate surface area is 157 Å². The van der Waals surface area contributed by atoms with Crippen LogP contribution in [0.4, 0.5) is 0 Å². The number of carbonyl (C=O) groups excluding carboxylic acids is 1. The fourth-order valence-corrected chi connectivity index (χ4v) is 2.57. The van der Waals surface area contributed by atoms with Crippen molar-refractivity contribution in [1.82, 2.24) is 4.57 Å². The van der Waals surface area contributed by atoms with Gasteiger partial charge in [-0.2, -0.15) is 0 Å². The molecule has 0 N–H and O–H groups in total. The summed E-state index contributed by atoms with van der Waals surface area (Å²) < 4.78 is 9.51. The normalized spacial score (nSPS) is 10.9. The van der Waals surface area contributed by atoms with Crippen LogP contribution in [-0.4, -0.2) is 16.6 Å². The van der Waals surface area contributed by atoms with Crippen molar-refractivity contribution in [3.05, 3.63) is 31.4 Å². The minimum atomic E-state index is -0.329. The van der Waals surface area contributed by atoms with Crippen LogP contribution < -0.4 is 4.57 Å². The monoisotopic (exact) mass is 365 g/mol. The number of esters is 1. The van der Waals surface area contributed by atoms with Crippen molar-refractivity contribution in [1.29, 1.82) is 5.26 Å². The maximum atomic E-state index is 11.5. The van der Waals surface area contributed by atoms with Gasteiger partial charge in [0.25, 0.3) is 0 Å². The lowest BCUT2D eigenvalue weighted by Gasteiger charge is -2.15. The van der Waals surface area contributed by atoms with Crippen molar-refractivity contribution in [2.75, 3.05) is 0 Å². The summed E-state index contributed by atoms with van der Waals surface area (Å²) in [6, 6.07) is 0. The van der Waals surface area contributed by atoms with Crippen LogP contribution in [-0.2, 0) is 35.8 Å². The Bertz CT molecular complexity index is 523. The standard InChI is InChI=1S/C18H31N2O2.CHNS/c1-4-6-7-8-9-10-11-12-17(22-18(21)5-2)15-20-14-13-19(3)16-20;2-1-3/h5,13-14,16-17H,2,4,6-12,15H2,1,3H3;3H/q+1;/p-1. The van der Waals surface area contributed by atoms with E-state index in [1.807, 2.05) is 30.3 Å². The predicted octanol–water partition coefficient (Wildman–Crippen LogP) is 3.57. The summed E-state index contributed by atoms with van der Waals surface area (Å²) in [7, 11) is 1.98. The fraction of sp³-hybridized carbons (Fsp3) is 0.632. The van der Waals surface area contributed by atoms with Crippen LogP contribution in [0.3, 0.4) is 0 Å². The third-order valence-corrected chi connectivity index (χ3v) is 3.82. The lowest BCUT2D eigenvalue weighted by molar-refractivity contribution is -0.702. The lowest BCUT2D eigenvalue weighted by atomic mass is 10.1. The molecule has 0 fully saturated rings. The summed E-state index contributed by atoms with van der Waals surface area (Å²) in [6.45, 7) is 6.42. The van der Waals surface area contributed by atoms with Crippen molar-refractivity contribution in [3.8, 4) is 5.40 Å². The molecule has 25 heavy (non-hydrogen) atoms. The van der Waals surface area contributed by atoms with Gasteiger partial charge in [-0.1, -0.05) is 57.4 Å². The van der Waals surface area contributed by atoms with Gasteiger partial charge in [-0.15, -0.1) is 0 Å². The van der Waals surface area contributed by atoms with E-state index in [4.69, 9.17) is 10.00 Å². The predicted molar refractivity (Wildman–Crippen MR) is 101 cm³/mol. The van der Waals surface area contributed by atoms with Crippen LogP contribution in [0, 0.1) is 10.7 Å². The summed E-state index contributed by atoms with van der Waals surface area (Å²) in [5.41, 5.74) is 0. The number of hydrogen-bond acceptors (Lipinski definition) is 4. The molecule has 1 atom stereocenters.